The summed E-state index contributed by atoms with van der Waals surface area (Å²) in [4.78, 5) is 11.8. The van der Waals surface area contributed by atoms with Crippen LogP contribution in [0.25, 0.3) is 0 Å². The van der Waals surface area contributed by atoms with Crippen LogP contribution in [-0.4, -0.2) is 33.4 Å². The first-order chi connectivity index (χ1) is 8.20. The van der Waals surface area contributed by atoms with Crippen molar-refractivity contribution in [2.45, 2.75) is 6.42 Å². The number of methoxy groups -OCH3 is 2. The van der Waals surface area contributed by atoms with Crippen LogP contribution < -0.4 is 10.5 Å². The topological polar surface area (TPSA) is 70.8 Å². The molecule has 0 amide bonds. The van der Waals surface area contributed by atoms with E-state index in [2.05, 4.69) is 0 Å². The van der Waals surface area contributed by atoms with E-state index in [0.29, 0.717) is 31.1 Å². The van der Waals surface area contributed by atoms with Gasteiger partial charge in [0.15, 0.2) is 0 Å². The molecule has 0 aliphatic rings. The maximum absolute atomic E-state index is 11.8. The van der Waals surface area contributed by atoms with Crippen molar-refractivity contribution in [1.29, 1.82) is 0 Å². The molecule has 5 heteroatoms. The zero-order chi connectivity index (χ0) is 12.7. The molecule has 0 unspecified atom stereocenters. The molecular formula is C12H17NO4. The van der Waals surface area contributed by atoms with Gasteiger partial charge in [0.05, 0.1) is 13.7 Å². The second-order valence-corrected chi connectivity index (χ2v) is 3.41. The number of esters is 1. The summed E-state index contributed by atoms with van der Waals surface area (Å²) in [6, 6.07) is 5.02. The predicted molar refractivity (Wildman–Crippen MR) is 64.2 cm³/mol. The van der Waals surface area contributed by atoms with Crippen molar-refractivity contribution in [3.63, 3.8) is 0 Å². The Bertz CT molecular complexity index is 379. The zero-order valence-corrected chi connectivity index (χ0v) is 10.1. The van der Waals surface area contributed by atoms with Crippen LogP contribution in [0.1, 0.15) is 16.8 Å². The molecule has 0 radical (unpaired) electrons. The molecule has 0 aromatic heterocycles. The van der Waals surface area contributed by atoms with Crippen molar-refractivity contribution < 1.29 is 19.0 Å². The molecule has 0 saturated carbocycles. The minimum Gasteiger partial charge on any atom is -0.496 e. The lowest BCUT2D eigenvalue weighted by atomic mass is 10.1. The molecule has 0 aliphatic heterocycles. The third-order valence-electron chi connectivity index (χ3n) is 2.21. The number of hydrogen-bond donors (Lipinski definition) is 1. The van der Waals surface area contributed by atoms with E-state index in [-0.39, 0.29) is 5.56 Å². The first kappa shape index (κ1) is 13.3. The number of nitrogen functional groups attached to an aromatic ring is 1. The number of rotatable bonds is 6. The van der Waals surface area contributed by atoms with Crippen molar-refractivity contribution >= 4 is 11.7 Å². The first-order valence-corrected chi connectivity index (χ1v) is 5.29. The van der Waals surface area contributed by atoms with Gasteiger partial charge >= 0.3 is 5.97 Å². The van der Waals surface area contributed by atoms with Crippen LogP contribution in [0.15, 0.2) is 18.2 Å². The number of ether oxygens (including phenoxy) is 3. The summed E-state index contributed by atoms with van der Waals surface area (Å²) in [6.07, 6.45) is 0.650. The van der Waals surface area contributed by atoms with E-state index in [4.69, 9.17) is 19.9 Å². The number of hydrogen-bond acceptors (Lipinski definition) is 5. The van der Waals surface area contributed by atoms with Crippen LogP contribution in [0, 0.1) is 0 Å². The van der Waals surface area contributed by atoms with Gasteiger partial charge in [0.2, 0.25) is 0 Å². The molecule has 0 fully saturated rings. The Kier molecular flexibility index (Phi) is 5.29. The molecule has 94 valence electrons. The Morgan fingerprint density at radius 1 is 1.29 bits per heavy atom. The summed E-state index contributed by atoms with van der Waals surface area (Å²) < 4.78 is 15.0. The molecule has 0 saturated heterocycles. The highest BCUT2D eigenvalue weighted by Gasteiger charge is 2.16. The second-order valence-electron chi connectivity index (χ2n) is 3.41. The van der Waals surface area contributed by atoms with E-state index < -0.39 is 5.97 Å². The number of anilines is 1. The fraction of sp³-hybridized carbons (Fsp3) is 0.417. The summed E-state index contributed by atoms with van der Waals surface area (Å²) in [7, 11) is 3.08. The lowest BCUT2D eigenvalue weighted by molar-refractivity contribution is 0.0466. The van der Waals surface area contributed by atoms with Crippen molar-refractivity contribution in [1.82, 2.24) is 0 Å². The van der Waals surface area contributed by atoms with E-state index >= 15 is 0 Å². The highest BCUT2D eigenvalue weighted by Crippen LogP contribution is 2.24. The van der Waals surface area contributed by atoms with Crippen LogP contribution in [0.4, 0.5) is 5.69 Å². The maximum Gasteiger partial charge on any atom is 0.344 e. The van der Waals surface area contributed by atoms with Gasteiger partial charge in [0.25, 0.3) is 0 Å². The van der Waals surface area contributed by atoms with Crippen molar-refractivity contribution in [3.8, 4) is 5.75 Å². The molecule has 17 heavy (non-hydrogen) atoms. The van der Waals surface area contributed by atoms with Gasteiger partial charge < -0.3 is 19.9 Å². The minimum absolute atomic E-state index is 0.271. The number of carbonyl (C=O) groups excluding carboxylic acids is 1. The van der Waals surface area contributed by atoms with Gasteiger partial charge in [-0.1, -0.05) is 6.07 Å². The van der Waals surface area contributed by atoms with Gasteiger partial charge in [0, 0.05) is 25.8 Å². The summed E-state index contributed by atoms with van der Waals surface area (Å²) in [5.74, 6) is -0.0576. The van der Waals surface area contributed by atoms with Crippen LogP contribution in [-0.2, 0) is 9.47 Å². The summed E-state index contributed by atoms with van der Waals surface area (Å²) in [5.41, 5.74) is 6.34. The number of nitrogens with two attached hydrogens (primary N) is 1. The fourth-order valence-corrected chi connectivity index (χ4v) is 1.38. The van der Waals surface area contributed by atoms with Gasteiger partial charge in [-0.2, -0.15) is 0 Å². The fourth-order valence-electron chi connectivity index (χ4n) is 1.38. The second kappa shape index (κ2) is 6.75. The monoisotopic (exact) mass is 239 g/mol. The van der Waals surface area contributed by atoms with Crippen LogP contribution in [0.3, 0.4) is 0 Å². The van der Waals surface area contributed by atoms with Crippen molar-refractivity contribution in [2.24, 2.45) is 0 Å². The largest absolute Gasteiger partial charge is 0.496 e. The third-order valence-corrected chi connectivity index (χ3v) is 2.21. The normalized spacial score (nSPS) is 10.0. The zero-order valence-electron chi connectivity index (χ0n) is 10.1. The van der Waals surface area contributed by atoms with E-state index in [9.17, 15) is 4.79 Å². The van der Waals surface area contributed by atoms with Gasteiger partial charge in [-0.3, -0.25) is 0 Å². The van der Waals surface area contributed by atoms with E-state index in [0.717, 1.165) is 0 Å². The Hall–Kier alpha value is -1.75. The molecule has 0 spiro atoms. The first-order valence-electron chi connectivity index (χ1n) is 5.29. The smallest absolute Gasteiger partial charge is 0.344 e. The Morgan fingerprint density at radius 2 is 2.06 bits per heavy atom. The van der Waals surface area contributed by atoms with Crippen LogP contribution in [0.2, 0.25) is 0 Å². The highest BCUT2D eigenvalue weighted by molar-refractivity contribution is 5.98. The van der Waals surface area contributed by atoms with E-state index in [1.807, 2.05) is 0 Å². The van der Waals surface area contributed by atoms with Crippen molar-refractivity contribution in [3.05, 3.63) is 23.8 Å². The predicted octanol–water partition coefficient (Wildman–Crippen LogP) is 1.47. The van der Waals surface area contributed by atoms with Gasteiger partial charge in [-0.05, 0) is 12.1 Å². The lowest BCUT2D eigenvalue weighted by Crippen LogP contribution is -2.11. The lowest BCUT2D eigenvalue weighted by Gasteiger charge is -2.10. The van der Waals surface area contributed by atoms with Crippen LogP contribution >= 0.6 is 0 Å². The molecular weight excluding hydrogens is 222 g/mol. The summed E-state index contributed by atoms with van der Waals surface area (Å²) >= 11 is 0. The van der Waals surface area contributed by atoms with Gasteiger partial charge in [-0.25, -0.2) is 4.79 Å². The molecule has 1 aromatic rings. The Labute approximate surface area is 100 Å². The molecule has 2 N–H and O–H groups in total. The van der Waals surface area contributed by atoms with E-state index in [1.165, 1.54) is 7.11 Å². The van der Waals surface area contributed by atoms with Gasteiger partial charge in [-0.15, -0.1) is 0 Å². The third kappa shape index (κ3) is 3.64. The highest BCUT2D eigenvalue weighted by atomic mass is 16.5. The standard InChI is InChI=1S/C12H17NO4/c1-15-7-4-8-17-12(14)11-9(13)5-3-6-10(11)16-2/h3,5-6H,4,7-8,13H2,1-2H3. The van der Waals surface area contributed by atoms with Crippen LogP contribution in [0.5, 0.6) is 5.75 Å². The molecule has 0 atom stereocenters. The van der Waals surface area contributed by atoms with Crippen molar-refractivity contribution in [2.75, 3.05) is 33.2 Å². The summed E-state index contributed by atoms with van der Waals surface area (Å²) in [6.45, 7) is 0.846. The minimum atomic E-state index is -0.476. The average molecular weight is 239 g/mol. The molecule has 5 nitrogen and oxygen atoms in total. The maximum atomic E-state index is 11.8. The average Bonchev–Trinajstić information content (AvgIpc) is 2.34. The van der Waals surface area contributed by atoms with E-state index in [1.54, 1.807) is 25.3 Å². The quantitative estimate of drug-likeness (QED) is 0.462. The molecule has 0 bridgehead atoms. The molecule has 0 heterocycles. The molecule has 0 aliphatic carbocycles. The molecule has 1 rings (SSSR count). The SMILES string of the molecule is COCCCOC(=O)c1c(N)cccc1OC. The number of carbonyl (C=O) groups is 1. The van der Waals surface area contributed by atoms with Gasteiger partial charge in [0.1, 0.15) is 11.3 Å². The Morgan fingerprint density at radius 3 is 2.71 bits per heavy atom. The summed E-state index contributed by atoms with van der Waals surface area (Å²) in [5, 5.41) is 0. The number of benzene rings is 1. The Balaban J connectivity index is 2.68. The molecule has 1 aromatic carbocycles.